The summed E-state index contributed by atoms with van der Waals surface area (Å²) in [5.74, 6) is 1.79. The number of fused-ring (bicyclic) bond motifs is 6. The van der Waals surface area contributed by atoms with Gasteiger partial charge in [0.15, 0.2) is 0 Å². The molecule has 6 bridgehead atoms. The molecule has 1 aliphatic heterocycles. The van der Waals surface area contributed by atoms with Gasteiger partial charge in [0, 0.05) is 18.8 Å². The Hall–Kier alpha value is -3.69. The lowest BCUT2D eigenvalue weighted by molar-refractivity contribution is 0.318. The predicted octanol–water partition coefficient (Wildman–Crippen LogP) is 9.92. The van der Waals surface area contributed by atoms with Crippen molar-refractivity contribution in [3.63, 3.8) is 0 Å². The van der Waals surface area contributed by atoms with Crippen molar-refractivity contribution in [2.24, 2.45) is 16.8 Å². The first kappa shape index (κ1) is 32.2. The Morgan fingerprint density at radius 1 is 1.05 bits per heavy atom. The molecule has 1 heterocycles. The zero-order valence-corrected chi connectivity index (χ0v) is 27.3. The fraction of sp³-hybridized carbons (Fsp3) is 0.375. The molecule has 4 rings (SSSR count). The van der Waals surface area contributed by atoms with Crippen LogP contribution >= 0.6 is 0 Å². The molecule has 0 saturated carbocycles. The van der Waals surface area contributed by atoms with E-state index in [9.17, 15) is 0 Å². The van der Waals surface area contributed by atoms with E-state index in [0.29, 0.717) is 18.4 Å². The minimum Gasteiger partial charge on any atom is -0.493 e. The summed E-state index contributed by atoms with van der Waals surface area (Å²) in [5, 5.41) is 3.99. The average molecular weight is 575 g/mol. The van der Waals surface area contributed by atoms with E-state index in [2.05, 4.69) is 133 Å². The van der Waals surface area contributed by atoms with Crippen molar-refractivity contribution in [3.8, 4) is 5.75 Å². The van der Waals surface area contributed by atoms with Crippen molar-refractivity contribution >= 4 is 17.9 Å². The van der Waals surface area contributed by atoms with E-state index in [4.69, 9.17) is 9.73 Å². The molecule has 3 nitrogen and oxygen atoms in total. The number of allylic oxidation sites excluding steroid dienone is 1. The lowest BCUT2D eigenvalue weighted by Crippen LogP contribution is -2.45. The minimum atomic E-state index is -0.615. The van der Waals surface area contributed by atoms with E-state index >= 15 is 0 Å². The largest absolute Gasteiger partial charge is 0.493 e. The Morgan fingerprint density at radius 3 is 2.56 bits per heavy atom. The van der Waals surface area contributed by atoms with Gasteiger partial charge in [-0.2, -0.15) is 0 Å². The third-order valence-electron chi connectivity index (χ3n) is 8.49. The second kappa shape index (κ2) is 14.7. The van der Waals surface area contributed by atoms with Crippen LogP contribution in [-0.2, 0) is 12.0 Å². The molecule has 2 unspecified atom stereocenters. The maximum atomic E-state index is 6.47. The number of nitrogens with zero attached hydrogens (tertiary/aromatic N) is 1. The van der Waals surface area contributed by atoms with Gasteiger partial charge in [-0.3, -0.25) is 4.99 Å². The molecule has 0 fully saturated rings. The maximum Gasteiger partial charge on any atom is 0.122 e. The molecule has 0 aliphatic carbocycles. The summed E-state index contributed by atoms with van der Waals surface area (Å²) < 4.78 is 6.47. The van der Waals surface area contributed by atoms with Gasteiger partial charge in [-0.1, -0.05) is 108 Å². The Kier molecular flexibility index (Phi) is 11.0. The second-order valence-electron chi connectivity index (χ2n) is 12.3. The summed E-state index contributed by atoms with van der Waals surface area (Å²) in [6.45, 7) is 21.5. The number of hydrogen-bond donors (Lipinski definition) is 1. The van der Waals surface area contributed by atoms with Crippen molar-refractivity contribution < 1.29 is 4.74 Å². The molecule has 2 atom stereocenters. The molecule has 3 heteroatoms. The third-order valence-corrected chi connectivity index (χ3v) is 8.49. The van der Waals surface area contributed by atoms with Crippen molar-refractivity contribution in [2.45, 2.75) is 73.3 Å². The fourth-order valence-electron chi connectivity index (χ4n) is 5.64. The van der Waals surface area contributed by atoms with E-state index in [1.165, 1.54) is 11.1 Å². The van der Waals surface area contributed by atoms with Crippen molar-refractivity contribution in [2.75, 3.05) is 13.2 Å². The van der Waals surface area contributed by atoms with Gasteiger partial charge in [0.1, 0.15) is 5.75 Å². The first-order valence-electron chi connectivity index (χ1n) is 16.0. The number of rotatable bonds is 9. The van der Waals surface area contributed by atoms with Gasteiger partial charge >= 0.3 is 0 Å². The first-order valence-corrected chi connectivity index (χ1v) is 16.0. The lowest BCUT2D eigenvalue weighted by atomic mass is 9.75. The SMILES string of the molecule is C=C1c2cccc(c2)CCOc2cc(ccc2C)C(NCCC)(/C(C)=C/N=CC(C)C)c2ccc(/C=C\C(C)CC)c1c2. The van der Waals surface area contributed by atoms with Crippen LogP contribution in [0.25, 0.3) is 11.6 Å². The Labute approximate surface area is 260 Å². The molecule has 0 saturated heterocycles. The van der Waals surface area contributed by atoms with Crippen LogP contribution in [0.2, 0.25) is 0 Å². The summed E-state index contributed by atoms with van der Waals surface area (Å²) >= 11 is 0. The Balaban J connectivity index is 2.08. The van der Waals surface area contributed by atoms with E-state index < -0.39 is 5.54 Å². The van der Waals surface area contributed by atoms with E-state index in [0.717, 1.165) is 70.5 Å². The number of ether oxygens (including phenoxy) is 1. The quantitative estimate of drug-likeness (QED) is 0.258. The van der Waals surface area contributed by atoms with E-state index in [1.807, 2.05) is 12.4 Å². The monoisotopic (exact) mass is 574 g/mol. The summed E-state index contributed by atoms with van der Waals surface area (Å²) in [6.07, 6.45) is 11.6. The summed E-state index contributed by atoms with van der Waals surface area (Å²) in [6, 6.07) is 22.3. The molecule has 0 spiro atoms. The van der Waals surface area contributed by atoms with Crippen LogP contribution in [0.1, 0.15) is 93.3 Å². The highest BCUT2D eigenvalue weighted by molar-refractivity contribution is 5.84. The molecule has 0 aromatic heterocycles. The second-order valence-corrected chi connectivity index (χ2v) is 12.3. The third kappa shape index (κ3) is 7.46. The highest BCUT2D eigenvalue weighted by Gasteiger charge is 2.37. The van der Waals surface area contributed by atoms with Crippen molar-refractivity contribution in [1.29, 1.82) is 0 Å². The van der Waals surface area contributed by atoms with Crippen molar-refractivity contribution in [1.82, 2.24) is 5.32 Å². The van der Waals surface area contributed by atoms with Crippen LogP contribution in [0.4, 0.5) is 0 Å². The standard InChI is InChI=1S/C40H50N2O/c1-9-21-42-40(31(7)27-41-26-28(3)4)36-19-17-34(16-14-29(5)10-2)38(24-36)32(8)35-13-11-12-33(23-35)20-22-43-39-25-37(40)18-15-30(39)6/h11-19,23-29,42H,8-10,20-22H2,1-7H3/b16-14-,31-27+,41-26?. The molecule has 3 aromatic rings. The Morgan fingerprint density at radius 2 is 1.81 bits per heavy atom. The van der Waals surface area contributed by atoms with E-state index in [-0.39, 0.29) is 0 Å². The number of nitrogens with one attached hydrogen (secondary N) is 1. The van der Waals surface area contributed by atoms with Gasteiger partial charge in [-0.15, -0.1) is 0 Å². The van der Waals surface area contributed by atoms with Crippen LogP contribution in [0.5, 0.6) is 5.75 Å². The van der Waals surface area contributed by atoms with E-state index in [1.54, 1.807) is 0 Å². The molecular weight excluding hydrogens is 524 g/mol. The smallest absolute Gasteiger partial charge is 0.122 e. The normalized spacial score (nSPS) is 18.2. The fourth-order valence-corrected chi connectivity index (χ4v) is 5.64. The lowest BCUT2D eigenvalue weighted by Gasteiger charge is -2.38. The molecule has 226 valence electrons. The number of aryl methyl sites for hydroxylation is 1. The number of benzene rings is 3. The zero-order valence-electron chi connectivity index (χ0n) is 27.3. The molecule has 0 amide bonds. The summed E-state index contributed by atoms with van der Waals surface area (Å²) in [4.78, 5) is 4.77. The molecular formula is C40H50N2O. The Bertz CT molecular complexity index is 1510. The predicted molar refractivity (Wildman–Crippen MR) is 186 cm³/mol. The molecule has 3 aromatic carbocycles. The highest BCUT2D eigenvalue weighted by Crippen LogP contribution is 2.41. The number of hydrogen-bond acceptors (Lipinski definition) is 3. The van der Waals surface area contributed by atoms with Crippen LogP contribution in [0.15, 0.2) is 90.1 Å². The summed E-state index contributed by atoms with van der Waals surface area (Å²) in [5.41, 5.74) is 9.70. The minimum absolute atomic E-state index is 0.370. The zero-order chi connectivity index (χ0) is 31.0. The molecule has 43 heavy (non-hydrogen) atoms. The first-order chi connectivity index (χ1) is 20.7. The molecule has 1 aliphatic rings. The summed E-state index contributed by atoms with van der Waals surface area (Å²) in [7, 11) is 0. The van der Waals surface area contributed by atoms with Crippen LogP contribution in [0.3, 0.4) is 0 Å². The van der Waals surface area contributed by atoms with Gasteiger partial charge < -0.3 is 10.1 Å². The van der Waals surface area contributed by atoms with Crippen molar-refractivity contribution in [3.05, 3.63) is 124 Å². The van der Waals surface area contributed by atoms with Gasteiger partial charge in [-0.25, -0.2) is 0 Å². The van der Waals surface area contributed by atoms with Crippen LogP contribution in [-0.4, -0.2) is 19.4 Å². The van der Waals surface area contributed by atoms with Crippen LogP contribution in [0, 0.1) is 18.8 Å². The van der Waals surface area contributed by atoms with Gasteiger partial charge in [0.2, 0.25) is 0 Å². The average Bonchev–Trinajstić information content (AvgIpc) is 3.00. The van der Waals surface area contributed by atoms with Gasteiger partial charge in [0.25, 0.3) is 0 Å². The van der Waals surface area contributed by atoms with Crippen LogP contribution < -0.4 is 10.1 Å². The topological polar surface area (TPSA) is 33.6 Å². The molecule has 0 radical (unpaired) electrons. The molecule has 1 N–H and O–H groups in total. The number of aliphatic imine (C=N–C) groups is 1. The highest BCUT2D eigenvalue weighted by atomic mass is 16.5. The van der Waals surface area contributed by atoms with Gasteiger partial charge in [0.05, 0.1) is 12.1 Å². The van der Waals surface area contributed by atoms with Gasteiger partial charge in [-0.05, 0) is 101 Å². The maximum absolute atomic E-state index is 6.47.